The molecule has 1 unspecified atom stereocenters. The van der Waals surface area contributed by atoms with Gasteiger partial charge in [-0.2, -0.15) is 0 Å². The van der Waals surface area contributed by atoms with E-state index in [0.29, 0.717) is 11.5 Å². The van der Waals surface area contributed by atoms with Crippen LogP contribution in [0.1, 0.15) is 36.3 Å². The molecular weight excluding hydrogens is 344 g/mol. The third-order valence-electron chi connectivity index (χ3n) is 3.28. The van der Waals surface area contributed by atoms with Gasteiger partial charge in [0.15, 0.2) is 0 Å². The fourth-order valence-corrected chi connectivity index (χ4v) is 2.40. The van der Waals surface area contributed by atoms with Crippen LogP contribution in [-0.4, -0.2) is 21.9 Å². The smallest absolute Gasteiger partial charge is 0.270 e. The van der Waals surface area contributed by atoms with E-state index < -0.39 is 0 Å². The molecule has 0 bridgehead atoms. The zero-order chi connectivity index (χ0) is 16.1. The lowest BCUT2D eigenvalue weighted by Gasteiger charge is -2.12. The SMILES string of the molecule is CCC(C)NC(=O)c1cc(Nc2ccc(C)cc2Br)ncn1. The largest absolute Gasteiger partial charge is 0.348 e. The quantitative estimate of drug-likeness (QED) is 0.848. The number of aryl methyl sites for hydroxylation is 1. The molecule has 0 radical (unpaired) electrons. The first-order valence-electron chi connectivity index (χ1n) is 7.15. The fraction of sp³-hybridized carbons (Fsp3) is 0.312. The number of benzene rings is 1. The van der Waals surface area contributed by atoms with Gasteiger partial charge in [-0.1, -0.05) is 13.0 Å². The number of hydrogen-bond donors (Lipinski definition) is 2. The molecule has 5 nitrogen and oxygen atoms in total. The number of rotatable bonds is 5. The van der Waals surface area contributed by atoms with Crippen molar-refractivity contribution in [3.63, 3.8) is 0 Å². The third kappa shape index (κ3) is 4.27. The second-order valence-electron chi connectivity index (χ2n) is 5.18. The summed E-state index contributed by atoms with van der Waals surface area (Å²) in [5.41, 5.74) is 2.40. The minimum absolute atomic E-state index is 0.116. The van der Waals surface area contributed by atoms with Crippen LogP contribution in [0.4, 0.5) is 11.5 Å². The molecule has 1 atom stereocenters. The topological polar surface area (TPSA) is 66.9 Å². The summed E-state index contributed by atoms with van der Waals surface area (Å²) < 4.78 is 0.941. The van der Waals surface area contributed by atoms with Crippen molar-refractivity contribution in [2.45, 2.75) is 33.2 Å². The van der Waals surface area contributed by atoms with Crippen molar-refractivity contribution in [2.75, 3.05) is 5.32 Å². The summed E-state index contributed by atoms with van der Waals surface area (Å²) in [7, 11) is 0. The number of nitrogens with zero attached hydrogens (tertiary/aromatic N) is 2. The third-order valence-corrected chi connectivity index (χ3v) is 3.93. The first-order chi connectivity index (χ1) is 10.5. The molecule has 1 heterocycles. The summed E-state index contributed by atoms with van der Waals surface area (Å²) in [6.45, 7) is 6.01. The van der Waals surface area contributed by atoms with Crippen LogP contribution < -0.4 is 10.6 Å². The molecule has 1 aromatic carbocycles. The van der Waals surface area contributed by atoms with Crippen molar-refractivity contribution >= 4 is 33.3 Å². The molecular formula is C16H19BrN4O. The molecule has 6 heteroatoms. The van der Waals surface area contributed by atoms with Gasteiger partial charge >= 0.3 is 0 Å². The first kappa shape index (κ1) is 16.4. The molecule has 1 amide bonds. The van der Waals surface area contributed by atoms with Crippen LogP contribution in [-0.2, 0) is 0 Å². The zero-order valence-electron chi connectivity index (χ0n) is 12.9. The van der Waals surface area contributed by atoms with Gasteiger partial charge in [-0.15, -0.1) is 0 Å². The van der Waals surface area contributed by atoms with Gasteiger partial charge in [0.25, 0.3) is 5.91 Å². The Labute approximate surface area is 138 Å². The van der Waals surface area contributed by atoms with Crippen molar-refractivity contribution < 1.29 is 4.79 Å². The Morgan fingerprint density at radius 1 is 1.32 bits per heavy atom. The van der Waals surface area contributed by atoms with E-state index in [9.17, 15) is 4.79 Å². The monoisotopic (exact) mass is 362 g/mol. The number of carbonyl (C=O) groups excluding carboxylic acids is 1. The molecule has 2 rings (SSSR count). The number of anilines is 2. The Morgan fingerprint density at radius 3 is 2.77 bits per heavy atom. The molecule has 0 aliphatic carbocycles. The maximum atomic E-state index is 12.1. The molecule has 0 aliphatic rings. The van der Waals surface area contributed by atoms with Gasteiger partial charge in [0.2, 0.25) is 0 Å². The van der Waals surface area contributed by atoms with Gasteiger partial charge < -0.3 is 10.6 Å². The molecule has 1 aromatic heterocycles. The summed E-state index contributed by atoms with van der Waals surface area (Å²) >= 11 is 3.51. The van der Waals surface area contributed by atoms with Crippen LogP contribution in [0.15, 0.2) is 35.1 Å². The lowest BCUT2D eigenvalue weighted by Crippen LogP contribution is -2.32. The molecule has 2 N–H and O–H groups in total. The van der Waals surface area contributed by atoms with Crippen LogP contribution in [0.25, 0.3) is 0 Å². The lowest BCUT2D eigenvalue weighted by atomic mass is 10.2. The Hall–Kier alpha value is -1.95. The maximum Gasteiger partial charge on any atom is 0.270 e. The van der Waals surface area contributed by atoms with Crippen molar-refractivity contribution in [3.05, 3.63) is 46.3 Å². The van der Waals surface area contributed by atoms with E-state index in [0.717, 1.165) is 22.1 Å². The molecule has 2 aromatic rings. The normalized spacial score (nSPS) is 11.8. The highest BCUT2D eigenvalue weighted by Gasteiger charge is 2.11. The first-order valence-corrected chi connectivity index (χ1v) is 7.95. The second kappa shape index (κ2) is 7.35. The average Bonchev–Trinajstić information content (AvgIpc) is 2.50. The van der Waals surface area contributed by atoms with Gasteiger partial charge in [-0.05, 0) is 53.9 Å². The number of carbonyl (C=O) groups is 1. The van der Waals surface area contributed by atoms with E-state index in [2.05, 4.69) is 36.5 Å². The Bertz CT molecular complexity index is 675. The van der Waals surface area contributed by atoms with Gasteiger partial charge in [0.1, 0.15) is 17.8 Å². The summed E-state index contributed by atoms with van der Waals surface area (Å²) in [5.74, 6) is 0.386. The number of aromatic nitrogens is 2. The average molecular weight is 363 g/mol. The predicted octanol–water partition coefficient (Wildman–Crippen LogP) is 3.82. The molecule has 0 saturated heterocycles. The van der Waals surface area contributed by atoms with E-state index in [1.165, 1.54) is 6.33 Å². The van der Waals surface area contributed by atoms with Crippen LogP contribution in [0.5, 0.6) is 0 Å². The Kier molecular flexibility index (Phi) is 5.49. The van der Waals surface area contributed by atoms with Crippen LogP contribution in [0.3, 0.4) is 0 Å². The van der Waals surface area contributed by atoms with Crippen molar-refractivity contribution in [1.29, 1.82) is 0 Å². The van der Waals surface area contributed by atoms with E-state index in [-0.39, 0.29) is 11.9 Å². The molecule has 0 spiro atoms. The van der Waals surface area contributed by atoms with E-state index in [1.807, 2.05) is 39.0 Å². The molecule has 22 heavy (non-hydrogen) atoms. The van der Waals surface area contributed by atoms with Crippen molar-refractivity contribution in [2.24, 2.45) is 0 Å². The van der Waals surface area contributed by atoms with Crippen molar-refractivity contribution in [3.8, 4) is 0 Å². The van der Waals surface area contributed by atoms with Crippen LogP contribution in [0.2, 0.25) is 0 Å². The molecule has 0 fully saturated rings. The molecule has 116 valence electrons. The zero-order valence-corrected chi connectivity index (χ0v) is 14.4. The maximum absolute atomic E-state index is 12.1. The van der Waals surface area contributed by atoms with E-state index >= 15 is 0 Å². The highest BCUT2D eigenvalue weighted by molar-refractivity contribution is 9.10. The standard InChI is InChI=1S/C16H19BrN4O/c1-4-11(3)20-16(22)14-8-15(19-9-18-14)21-13-6-5-10(2)7-12(13)17/h5-9,11H,4H2,1-3H3,(H,20,22)(H,18,19,21). The summed E-state index contributed by atoms with van der Waals surface area (Å²) in [5, 5.41) is 6.07. The van der Waals surface area contributed by atoms with E-state index in [1.54, 1.807) is 6.07 Å². The minimum Gasteiger partial charge on any atom is -0.348 e. The summed E-state index contributed by atoms with van der Waals surface area (Å²) in [6, 6.07) is 7.74. The molecule has 0 saturated carbocycles. The molecule has 0 aliphatic heterocycles. The fourth-order valence-electron chi connectivity index (χ4n) is 1.81. The highest BCUT2D eigenvalue weighted by atomic mass is 79.9. The summed E-state index contributed by atoms with van der Waals surface area (Å²) in [4.78, 5) is 20.3. The number of halogens is 1. The van der Waals surface area contributed by atoms with Crippen LogP contribution in [0, 0.1) is 6.92 Å². The Balaban J connectivity index is 2.16. The van der Waals surface area contributed by atoms with Crippen molar-refractivity contribution in [1.82, 2.24) is 15.3 Å². The van der Waals surface area contributed by atoms with Gasteiger partial charge in [0.05, 0.1) is 5.69 Å². The minimum atomic E-state index is -0.192. The van der Waals surface area contributed by atoms with Crippen LogP contribution >= 0.6 is 15.9 Å². The predicted molar refractivity (Wildman–Crippen MR) is 91.4 cm³/mol. The number of amides is 1. The van der Waals surface area contributed by atoms with Gasteiger partial charge in [-0.3, -0.25) is 4.79 Å². The second-order valence-corrected chi connectivity index (χ2v) is 6.03. The summed E-state index contributed by atoms with van der Waals surface area (Å²) in [6.07, 6.45) is 2.26. The lowest BCUT2D eigenvalue weighted by molar-refractivity contribution is 0.0934. The number of nitrogens with one attached hydrogen (secondary N) is 2. The van der Waals surface area contributed by atoms with Gasteiger partial charge in [-0.25, -0.2) is 9.97 Å². The number of hydrogen-bond acceptors (Lipinski definition) is 4. The van der Waals surface area contributed by atoms with Gasteiger partial charge in [0, 0.05) is 16.6 Å². The highest BCUT2D eigenvalue weighted by Crippen LogP contribution is 2.26. The van der Waals surface area contributed by atoms with E-state index in [4.69, 9.17) is 0 Å². The Morgan fingerprint density at radius 2 is 2.09 bits per heavy atom.